The normalized spacial score (nSPS) is 15.9. The Bertz CT molecular complexity index is 1470. The number of methoxy groups -OCH3 is 1. The molecule has 0 fully saturated rings. The predicted octanol–water partition coefficient (Wildman–Crippen LogP) is 5.06. The average Bonchev–Trinajstić information content (AvgIpc) is 3.57. The standard InChI is InChI=1S/C23H15N3O6S2/c1-32-14-8-9-15-17(11-14)34-23(24-15)25-19(12-4-6-13(7-5-12)26(30)31)18(21(28)22(25)29)20(27)16-3-2-10-33-16/h2-11,19,28H,1H3/t19-/m1/s1. The smallest absolute Gasteiger partial charge is 0.296 e. The van der Waals surface area contributed by atoms with Crippen molar-refractivity contribution in [2.45, 2.75) is 6.04 Å². The number of non-ortho nitro benzene ring substituents is 1. The molecule has 1 N–H and O–H groups in total. The van der Waals surface area contributed by atoms with E-state index in [9.17, 15) is 24.8 Å². The van der Waals surface area contributed by atoms with Gasteiger partial charge in [0.1, 0.15) is 5.75 Å². The van der Waals surface area contributed by atoms with Crippen molar-refractivity contribution in [1.29, 1.82) is 0 Å². The minimum Gasteiger partial charge on any atom is -0.503 e. The number of fused-ring (bicyclic) bond motifs is 1. The number of ketones is 1. The molecule has 1 amide bonds. The molecule has 34 heavy (non-hydrogen) atoms. The fourth-order valence-corrected chi connectivity index (χ4v) is 5.49. The van der Waals surface area contributed by atoms with Gasteiger partial charge >= 0.3 is 0 Å². The van der Waals surface area contributed by atoms with Gasteiger partial charge in [0.05, 0.1) is 38.7 Å². The first kappa shape index (κ1) is 21.7. The number of nitro benzene ring substituents is 1. The lowest BCUT2D eigenvalue weighted by Gasteiger charge is -2.24. The van der Waals surface area contributed by atoms with Crippen LogP contribution in [0.25, 0.3) is 10.2 Å². The third kappa shape index (κ3) is 3.51. The van der Waals surface area contributed by atoms with Crippen LogP contribution < -0.4 is 9.64 Å². The molecule has 9 nitrogen and oxygen atoms in total. The van der Waals surface area contributed by atoms with Crippen molar-refractivity contribution < 1.29 is 24.4 Å². The van der Waals surface area contributed by atoms with E-state index in [1.807, 2.05) is 0 Å². The summed E-state index contributed by atoms with van der Waals surface area (Å²) in [4.78, 5) is 43.3. The molecule has 0 bridgehead atoms. The molecular formula is C23H15N3O6S2. The van der Waals surface area contributed by atoms with Gasteiger partial charge < -0.3 is 9.84 Å². The van der Waals surface area contributed by atoms with Gasteiger partial charge in [-0.3, -0.25) is 24.6 Å². The lowest BCUT2D eigenvalue weighted by molar-refractivity contribution is -0.384. The molecule has 1 atom stereocenters. The summed E-state index contributed by atoms with van der Waals surface area (Å²) in [6.07, 6.45) is 0. The van der Waals surface area contributed by atoms with Gasteiger partial charge in [-0.1, -0.05) is 17.4 Å². The Morgan fingerprint density at radius 2 is 1.97 bits per heavy atom. The number of aliphatic hydroxyl groups is 1. The van der Waals surface area contributed by atoms with E-state index < -0.39 is 28.4 Å². The third-order valence-electron chi connectivity index (χ3n) is 5.41. The van der Waals surface area contributed by atoms with Crippen LogP contribution in [-0.4, -0.2) is 33.8 Å². The van der Waals surface area contributed by atoms with Crippen molar-refractivity contribution in [2.75, 3.05) is 12.0 Å². The number of nitrogens with zero attached hydrogens (tertiary/aromatic N) is 3. The van der Waals surface area contributed by atoms with Crippen LogP contribution in [0.3, 0.4) is 0 Å². The number of benzene rings is 2. The number of rotatable bonds is 6. The molecule has 3 heterocycles. The summed E-state index contributed by atoms with van der Waals surface area (Å²) >= 11 is 2.40. The van der Waals surface area contributed by atoms with E-state index in [0.717, 1.165) is 4.70 Å². The summed E-state index contributed by atoms with van der Waals surface area (Å²) < 4.78 is 6.01. The zero-order valence-corrected chi connectivity index (χ0v) is 19.1. The Labute approximate surface area is 200 Å². The minimum atomic E-state index is -1.01. The zero-order valence-electron chi connectivity index (χ0n) is 17.5. The SMILES string of the molecule is COc1ccc2nc(N3C(=O)C(O)=C(C(=O)c4cccs4)[C@H]3c3ccc([N+](=O)[O-])cc3)sc2c1. The van der Waals surface area contributed by atoms with Gasteiger partial charge in [0.25, 0.3) is 11.6 Å². The van der Waals surface area contributed by atoms with Gasteiger partial charge in [-0.25, -0.2) is 4.98 Å². The summed E-state index contributed by atoms with van der Waals surface area (Å²) in [5.74, 6) is -1.31. The highest BCUT2D eigenvalue weighted by molar-refractivity contribution is 7.22. The van der Waals surface area contributed by atoms with Crippen LogP contribution in [0.4, 0.5) is 10.8 Å². The lowest BCUT2D eigenvalue weighted by atomic mass is 9.95. The summed E-state index contributed by atoms with van der Waals surface area (Å²) in [6.45, 7) is 0. The number of amides is 1. The maximum absolute atomic E-state index is 13.3. The number of hydrogen-bond donors (Lipinski definition) is 1. The summed E-state index contributed by atoms with van der Waals surface area (Å²) in [6, 6.07) is 13.1. The van der Waals surface area contributed by atoms with E-state index >= 15 is 0 Å². The van der Waals surface area contributed by atoms with Crippen LogP contribution in [-0.2, 0) is 4.79 Å². The number of thiazole rings is 1. The molecule has 4 aromatic rings. The average molecular weight is 494 g/mol. The zero-order chi connectivity index (χ0) is 24.0. The molecule has 0 aliphatic carbocycles. The maximum atomic E-state index is 13.3. The second-order valence-corrected chi connectivity index (χ2v) is 9.28. The summed E-state index contributed by atoms with van der Waals surface area (Å²) in [5.41, 5.74) is 0.817. The van der Waals surface area contributed by atoms with Crippen molar-refractivity contribution in [3.05, 3.63) is 91.9 Å². The van der Waals surface area contributed by atoms with E-state index in [-0.39, 0.29) is 16.4 Å². The molecule has 1 aliphatic heterocycles. The summed E-state index contributed by atoms with van der Waals surface area (Å²) in [5, 5.41) is 23.9. The first-order valence-corrected chi connectivity index (χ1v) is 11.6. The number of ether oxygens (including phenoxy) is 1. The fraction of sp³-hybridized carbons (Fsp3) is 0.0870. The second-order valence-electron chi connectivity index (χ2n) is 7.33. The Balaban J connectivity index is 1.66. The minimum absolute atomic E-state index is 0.0989. The Kier molecular flexibility index (Phi) is 5.34. The number of Topliss-reactive ketones (excluding diaryl/α,β-unsaturated/α-hetero) is 1. The van der Waals surface area contributed by atoms with Crippen LogP contribution in [0.5, 0.6) is 5.75 Å². The Hall–Kier alpha value is -4.09. The van der Waals surface area contributed by atoms with E-state index in [0.29, 0.717) is 21.7 Å². The molecule has 0 spiro atoms. The van der Waals surface area contributed by atoms with E-state index in [4.69, 9.17) is 4.74 Å². The number of carbonyl (C=O) groups excluding carboxylic acids is 2. The van der Waals surface area contributed by atoms with E-state index in [2.05, 4.69) is 4.98 Å². The molecule has 1 aliphatic rings. The molecule has 0 saturated carbocycles. The van der Waals surface area contributed by atoms with E-state index in [1.54, 1.807) is 42.8 Å². The first-order valence-electron chi connectivity index (χ1n) is 9.93. The van der Waals surface area contributed by atoms with Gasteiger partial charge in [-0.15, -0.1) is 11.3 Å². The summed E-state index contributed by atoms with van der Waals surface area (Å²) in [7, 11) is 1.54. The fourth-order valence-electron chi connectivity index (χ4n) is 3.79. The van der Waals surface area contributed by atoms with Gasteiger partial charge in [-0.05, 0) is 47.3 Å². The Morgan fingerprint density at radius 1 is 1.21 bits per heavy atom. The predicted molar refractivity (Wildman–Crippen MR) is 128 cm³/mol. The third-order valence-corrected chi connectivity index (χ3v) is 7.29. The number of carbonyl (C=O) groups is 2. The van der Waals surface area contributed by atoms with E-state index in [1.165, 1.54) is 51.8 Å². The lowest BCUT2D eigenvalue weighted by Crippen LogP contribution is -2.30. The quantitative estimate of drug-likeness (QED) is 0.226. The van der Waals surface area contributed by atoms with Gasteiger partial charge in [-0.2, -0.15) is 0 Å². The molecule has 11 heteroatoms. The number of aliphatic hydroxyl groups excluding tert-OH is 1. The molecule has 5 rings (SSSR count). The van der Waals surface area contributed by atoms with Crippen LogP contribution in [0.15, 0.2) is 71.3 Å². The van der Waals surface area contributed by atoms with Crippen LogP contribution in [0.2, 0.25) is 0 Å². The van der Waals surface area contributed by atoms with Crippen molar-refractivity contribution in [2.24, 2.45) is 0 Å². The molecule has 0 saturated heterocycles. The monoisotopic (exact) mass is 493 g/mol. The number of aromatic nitrogens is 1. The largest absolute Gasteiger partial charge is 0.503 e. The van der Waals surface area contributed by atoms with Gasteiger partial charge in [0.2, 0.25) is 5.78 Å². The van der Waals surface area contributed by atoms with Crippen LogP contribution in [0.1, 0.15) is 21.3 Å². The molecule has 0 radical (unpaired) electrons. The highest BCUT2D eigenvalue weighted by Gasteiger charge is 2.46. The topological polar surface area (TPSA) is 123 Å². The highest BCUT2D eigenvalue weighted by atomic mass is 32.1. The van der Waals surface area contributed by atoms with Crippen molar-refractivity contribution in [3.63, 3.8) is 0 Å². The molecule has 2 aromatic carbocycles. The first-order chi connectivity index (χ1) is 16.4. The molecule has 170 valence electrons. The number of nitro groups is 1. The molecule has 2 aromatic heterocycles. The van der Waals surface area contributed by atoms with Crippen molar-refractivity contribution >= 4 is 55.4 Å². The maximum Gasteiger partial charge on any atom is 0.296 e. The number of hydrogen-bond acceptors (Lipinski definition) is 9. The number of thiophene rings is 1. The van der Waals surface area contributed by atoms with Crippen molar-refractivity contribution in [3.8, 4) is 5.75 Å². The molecule has 0 unspecified atom stereocenters. The van der Waals surface area contributed by atoms with Gasteiger partial charge in [0.15, 0.2) is 10.9 Å². The molecular weight excluding hydrogens is 478 g/mol. The van der Waals surface area contributed by atoms with Crippen LogP contribution in [0, 0.1) is 10.1 Å². The number of anilines is 1. The Morgan fingerprint density at radius 3 is 2.62 bits per heavy atom. The second kappa shape index (κ2) is 8.36. The van der Waals surface area contributed by atoms with Crippen LogP contribution >= 0.6 is 22.7 Å². The van der Waals surface area contributed by atoms with Gasteiger partial charge in [0, 0.05) is 12.1 Å². The van der Waals surface area contributed by atoms with Crippen molar-refractivity contribution in [1.82, 2.24) is 4.98 Å². The highest BCUT2D eigenvalue weighted by Crippen LogP contribution is 2.45.